The SMILES string of the molecule is CC(=O)Nc1ccc(C(C)C)cc1C1NCC(C)(C)OC1=O. The number of hydrogen-bond donors (Lipinski definition) is 2. The van der Waals surface area contributed by atoms with Gasteiger partial charge in [-0.15, -0.1) is 0 Å². The maximum Gasteiger partial charge on any atom is 0.328 e. The van der Waals surface area contributed by atoms with Gasteiger partial charge in [0.25, 0.3) is 0 Å². The zero-order valence-electron chi connectivity index (χ0n) is 13.8. The van der Waals surface area contributed by atoms with E-state index in [2.05, 4.69) is 24.5 Å². The molecule has 1 amide bonds. The van der Waals surface area contributed by atoms with Gasteiger partial charge in [-0.1, -0.05) is 26.0 Å². The maximum absolute atomic E-state index is 12.3. The molecule has 2 N–H and O–H groups in total. The number of benzene rings is 1. The number of esters is 1. The number of cyclic esters (lactones) is 1. The van der Waals surface area contributed by atoms with Gasteiger partial charge in [-0.25, -0.2) is 4.79 Å². The third-order valence-corrected chi connectivity index (χ3v) is 3.71. The number of carbonyl (C=O) groups is 2. The second-order valence-electron chi connectivity index (χ2n) is 6.68. The number of anilines is 1. The molecule has 0 aromatic heterocycles. The van der Waals surface area contributed by atoms with Crippen molar-refractivity contribution in [3.05, 3.63) is 29.3 Å². The van der Waals surface area contributed by atoms with E-state index in [0.29, 0.717) is 18.2 Å². The first kappa shape index (κ1) is 16.5. The van der Waals surface area contributed by atoms with Crippen molar-refractivity contribution < 1.29 is 14.3 Å². The Morgan fingerprint density at radius 3 is 2.64 bits per heavy atom. The zero-order chi connectivity index (χ0) is 16.5. The van der Waals surface area contributed by atoms with Gasteiger partial charge in [-0.2, -0.15) is 0 Å². The summed E-state index contributed by atoms with van der Waals surface area (Å²) in [7, 11) is 0. The fourth-order valence-corrected chi connectivity index (χ4v) is 2.52. The Bertz CT molecular complexity index is 594. The van der Waals surface area contributed by atoms with E-state index in [1.165, 1.54) is 6.92 Å². The highest BCUT2D eigenvalue weighted by molar-refractivity contribution is 5.91. The van der Waals surface area contributed by atoms with E-state index >= 15 is 0 Å². The molecule has 0 aliphatic carbocycles. The minimum Gasteiger partial charge on any atom is -0.457 e. The van der Waals surface area contributed by atoms with E-state index in [1.807, 2.05) is 32.0 Å². The molecule has 1 heterocycles. The smallest absolute Gasteiger partial charge is 0.328 e. The first-order chi connectivity index (χ1) is 10.2. The van der Waals surface area contributed by atoms with E-state index < -0.39 is 11.6 Å². The second-order valence-corrected chi connectivity index (χ2v) is 6.68. The molecule has 1 aromatic carbocycles. The predicted molar refractivity (Wildman–Crippen MR) is 85.7 cm³/mol. The molecule has 5 heteroatoms. The number of hydrogen-bond acceptors (Lipinski definition) is 4. The summed E-state index contributed by atoms with van der Waals surface area (Å²) in [5, 5.41) is 6.02. The summed E-state index contributed by atoms with van der Waals surface area (Å²) in [5.74, 6) is -0.145. The Balaban J connectivity index is 2.40. The van der Waals surface area contributed by atoms with E-state index in [9.17, 15) is 9.59 Å². The summed E-state index contributed by atoms with van der Waals surface area (Å²) in [6.07, 6.45) is 0. The molecule has 1 aliphatic rings. The predicted octanol–water partition coefficient (Wildman–Crippen LogP) is 2.73. The number of ether oxygens (including phenoxy) is 1. The van der Waals surface area contributed by atoms with Crippen molar-refractivity contribution in [1.29, 1.82) is 0 Å². The average Bonchev–Trinajstić information content (AvgIpc) is 2.38. The number of morpholine rings is 1. The minimum absolute atomic E-state index is 0.164. The molecular weight excluding hydrogens is 280 g/mol. The van der Waals surface area contributed by atoms with Gasteiger partial charge in [0.1, 0.15) is 11.6 Å². The second kappa shape index (κ2) is 6.08. The average molecular weight is 304 g/mol. The first-order valence-corrected chi connectivity index (χ1v) is 7.57. The van der Waals surface area contributed by atoms with Crippen molar-refractivity contribution in [2.45, 2.75) is 52.2 Å². The van der Waals surface area contributed by atoms with E-state index in [-0.39, 0.29) is 11.9 Å². The number of amides is 1. The number of rotatable bonds is 3. The summed E-state index contributed by atoms with van der Waals surface area (Å²) in [6, 6.07) is 5.22. The Hall–Kier alpha value is -1.88. The van der Waals surface area contributed by atoms with Crippen molar-refractivity contribution in [3.8, 4) is 0 Å². The molecule has 0 saturated carbocycles. The van der Waals surface area contributed by atoms with Crippen LogP contribution in [0.1, 0.15) is 57.7 Å². The van der Waals surface area contributed by atoms with Crippen LogP contribution in [0.4, 0.5) is 5.69 Å². The molecule has 0 spiro atoms. The van der Waals surface area contributed by atoms with Gasteiger partial charge in [-0.05, 0) is 31.4 Å². The standard InChI is InChI=1S/C17H24N2O3/c1-10(2)12-6-7-14(19-11(3)20)13(8-12)15-16(21)22-17(4,5)9-18-15/h6-8,10,15,18H,9H2,1-5H3,(H,19,20). The number of carbonyl (C=O) groups excluding carboxylic acids is 2. The highest BCUT2D eigenvalue weighted by Gasteiger charge is 2.36. The summed E-state index contributed by atoms with van der Waals surface area (Å²) in [5.41, 5.74) is 1.99. The van der Waals surface area contributed by atoms with Crippen molar-refractivity contribution in [3.63, 3.8) is 0 Å². The fourth-order valence-electron chi connectivity index (χ4n) is 2.52. The van der Waals surface area contributed by atoms with Crippen LogP contribution in [0.2, 0.25) is 0 Å². The van der Waals surface area contributed by atoms with Gasteiger partial charge < -0.3 is 10.1 Å². The van der Waals surface area contributed by atoms with Crippen LogP contribution in [-0.4, -0.2) is 24.0 Å². The highest BCUT2D eigenvalue weighted by Crippen LogP contribution is 2.31. The molecule has 5 nitrogen and oxygen atoms in total. The summed E-state index contributed by atoms with van der Waals surface area (Å²) in [6.45, 7) is 9.94. The lowest BCUT2D eigenvalue weighted by Crippen LogP contribution is -2.50. The topological polar surface area (TPSA) is 67.4 Å². The molecule has 1 unspecified atom stereocenters. The molecule has 0 radical (unpaired) electrons. The number of nitrogens with one attached hydrogen (secondary N) is 2. The maximum atomic E-state index is 12.3. The molecule has 1 aromatic rings. The van der Waals surface area contributed by atoms with Crippen LogP contribution in [0.25, 0.3) is 0 Å². The Labute approximate surface area is 131 Å². The molecule has 1 saturated heterocycles. The third-order valence-electron chi connectivity index (χ3n) is 3.71. The fraction of sp³-hybridized carbons (Fsp3) is 0.529. The van der Waals surface area contributed by atoms with Crippen LogP contribution in [-0.2, 0) is 14.3 Å². The van der Waals surface area contributed by atoms with Crippen LogP contribution in [0.5, 0.6) is 0 Å². The summed E-state index contributed by atoms with van der Waals surface area (Å²) >= 11 is 0. The highest BCUT2D eigenvalue weighted by atomic mass is 16.6. The normalized spacial score (nSPS) is 20.6. The van der Waals surface area contributed by atoms with Gasteiger partial charge in [0.2, 0.25) is 5.91 Å². The van der Waals surface area contributed by atoms with Crippen LogP contribution < -0.4 is 10.6 Å². The Morgan fingerprint density at radius 2 is 2.09 bits per heavy atom. The largest absolute Gasteiger partial charge is 0.457 e. The van der Waals surface area contributed by atoms with Crippen molar-refractivity contribution in [2.24, 2.45) is 0 Å². The quantitative estimate of drug-likeness (QED) is 0.843. The van der Waals surface area contributed by atoms with E-state index in [1.54, 1.807) is 0 Å². The van der Waals surface area contributed by atoms with Gasteiger partial charge in [0, 0.05) is 24.7 Å². The monoisotopic (exact) mass is 304 g/mol. The van der Waals surface area contributed by atoms with Gasteiger partial charge in [0.15, 0.2) is 0 Å². The molecule has 1 fully saturated rings. The van der Waals surface area contributed by atoms with Crippen LogP contribution in [0, 0.1) is 0 Å². The Kier molecular flexibility index (Phi) is 4.56. The van der Waals surface area contributed by atoms with Crippen molar-refractivity contribution in [2.75, 3.05) is 11.9 Å². The summed E-state index contributed by atoms with van der Waals surface area (Å²) in [4.78, 5) is 23.7. The van der Waals surface area contributed by atoms with Crippen molar-refractivity contribution in [1.82, 2.24) is 5.32 Å². The lowest BCUT2D eigenvalue weighted by atomic mass is 9.94. The van der Waals surface area contributed by atoms with Gasteiger partial charge in [-0.3, -0.25) is 10.1 Å². The summed E-state index contributed by atoms with van der Waals surface area (Å²) < 4.78 is 5.49. The van der Waals surface area contributed by atoms with Crippen LogP contribution >= 0.6 is 0 Å². The Morgan fingerprint density at radius 1 is 1.41 bits per heavy atom. The molecule has 22 heavy (non-hydrogen) atoms. The first-order valence-electron chi connectivity index (χ1n) is 7.57. The van der Waals surface area contributed by atoms with E-state index in [4.69, 9.17) is 4.74 Å². The molecule has 2 rings (SSSR count). The third kappa shape index (κ3) is 3.65. The lowest BCUT2D eigenvalue weighted by molar-refractivity contribution is -0.165. The van der Waals surface area contributed by atoms with Crippen LogP contribution in [0.15, 0.2) is 18.2 Å². The minimum atomic E-state index is -0.562. The zero-order valence-corrected chi connectivity index (χ0v) is 13.8. The van der Waals surface area contributed by atoms with Crippen molar-refractivity contribution >= 4 is 17.6 Å². The van der Waals surface area contributed by atoms with Gasteiger partial charge in [0.05, 0.1) is 0 Å². The van der Waals surface area contributed by atoms with Crippen LogP contribution in [0.3, 0.4) is 0 Å². The molecule has 1 aliphatic heterocycles. The molecular formula is C17H24N2O3. The lowest BCUT2D eigenvalue weighted by Gasteiger charge is -2.35. The van der Waals surface area contributed by atoms with E-state index in [0.717, 1.165) is 11.1 Å². The molecule has 120 valence electrons. The molecule has 0 bridgehead atoms. The molecule has 1 atom stereocenters. The van der Waals surface area contributed by atoms with Gasteiger partial charge >= 0.3 is 5.97 Å².